The van der Waals surface area contributed by atoms with Crippen molar-refractivity contribution in [2.75, 3.05) is 13.1 Å². The van der Waals surface area contributed by atoms with Crippen molar-refractivity contribution in [2.45, 2.75) is 0 Å². The predicted molar refractivity (Wildman–Crippen MR) is 90.3 cm³/mol. The number of aromatic nitrogens is 4. The molecule has 8 nitrogen and oxygen atoms in total. The maximum atomic E-state index is 12.4. The smallest absolute Gasteiger partial charge is 0.253 e. The molecule has 0 saturated carbocycles. The van der Waals surface area contributed by atoms with Gasteiger partial charge < -0.3 is 10.6 Å². The lowest BCUT2D eigenvalue weighted by Crippen LogP contribution is -2.35. The molecule has 3 aromatic rings. The van der Waals surface area contributed by atoms with Crippen molar-refractivity contribution in [2.24, 2.45) is 0 Å². The number of nitrogens with one attached hydrogen (secondary N) is 2. The molecule has 2 N–H and O–H groups in total. The number of nitrogens with zero attached hydrogens (tertiary/aromatic N) is 4. The van der Waals surface area contributed by atoms with Gasteiger partial charge in [-0.1, -0.05) is 30.3 Å². The molecule has 126 valence electrons. The van der Waals surface area contributed by atoms with Crippen LogP contribution in [-0.4, -0.2) is 45.1 Å². The molecule has 0 unspecified atom stereocenters. The van der Waals surface area contributed by atoms with Gasteiger partial charge in [-0.15, -0.1) is 5.10 Å². The fourth-order valence-corrected chi connectivity index (χ4v) is 2.28. The molecule has 0 aliphatic heterocycles. The summed E-state index contributed by atoms with van der Waals surface area (Å²) in [6.07, 6.45) is 1.42. The van der Waals surface area contributed by atoms with E-state index >= 15 is 0 Å². The van der Waals surface area contributed by atoms with E-state index in [9.17, 15) is 9.59 Å². The second kappa shape index (κ2) is 7.82. The molecule has 0 saturated heterocycles. The molecule has 8 heteroatoms. The Labute approximate surface area is 143 Å². The molecule has 1 heterocycles. The van der Waals surface area contributed by atoms with Gasteiger partial charge >= 0.3 is 0 Å². The standard InChI is InChI=1S/C17H16N6O2/c24-16(13-6-2-1-3-7-13)18-10-11-19-17(25)14-8-4-5-9-15(14)23-12-20-21-22-23/h1-9,12H,10-11H2,(H,18,24)(H,19,25). The van der Waals surface area contributed by atoms with Gasteiger partial charge in [0.25, 0.3) is 11.8 Å². The fourth-order valence-electron chi connectivity index (χ4n) is 2.28. The molecule has 2 aromatic carbocycles. The zero-order valence-corrected chi connectivity index (χ0v) is 13.3. The van der Waals surface area contributed by atoms with Crippen LogP contribution in [0.3, 0.4) is 0 Å². The number of amides is 2. The van der Waals surface area contributed by atoms with Crippen molar-refractivity contribution in [3.63, 3.8) is 0 Å². The van der Waals surface area contributed by atoms with Crippen LogP contribution in [0.1, 0.15) is 20.7 Å². The molecule has 0 bridgehead atoms. The van der Waals surface area contributed by atoms with E-state index in [1.54, 1.807) is 48.5 Å². The normalized spacial score (nSPS) is 10.2. The Hall–Kier alpha value is -3.55. The molecule has 0 aliphatic carbocycles. The van der Waals surface area contributed by atoms with Crippen molar-refractivity contribution in [1.29, 1.82) is 0 Å². The highest BCUT2D eigenvalue weighted by Crippen LogP contribution is 2.12. The first-order valence-corrected chi connectivity index (χ1v) is 7.69. The molecular weight excluding hydrogens is 320 g/mol. The number of carbonyl (C=O) groups excluding carboxylic acids is 2. The van der Waals surface area contributed by atoms with Crippen molar-refractivity contribution >= 4 is 11.8 Å². The Morgan fingerprint density at radius 1 is 0.880 bits per heavy atom. The van der Waals surface area contributed by atoms with E-state index < -0.39 is 0 Å². The summed E-state index contributed by atoms with van der Waals surface area (Å²) in [5, 5.41) is 16.5. The molecule has 0 fully saturated rings. The van der Waals surface area contributed by atoms with Gasteiger partial charge in [0, 0.05) is 18.7 Å². The third kappa shape index (κ3) is 4.05. The third-order valence-corrected chi connectivity index (χ3v) is 3.48. The highest BCUT2D eigenvalue weighted by atomic mass is 16.2. The number of para-hydroxylation sites is 1. The summed E-state index contributed by atoms with van der Waals surface area (Å²) in [4.78, 5) is 24.3. The van der Waals surface area contributed by atoms with Crippen LogP contribution in [0.2, 0.25) is 0 Å². The summed E-state index contributed by atoms with van der Waals surface area (Å²) >= 11 is 0. The number of carbonyl (C=O) groups is 2. The fraction of sp³-hybridized carbons (Fsp3) is 0.118. The van der Waals surface area contributed by atoms with Crippen LogP contribution in [0.4, 0.5) is 0 Å². The average Bonchev–Trinajstić information content (AvgIpc) is 3.20. The molecule has 0 atom stereocenters. The van der Waals surface area contributed by atoms with Crippen molar-refractivity contribution in [3.8, 4) is 5.69 Å². The quantitative estimate of drug-likeness (QED) is 0.649. The number of rotatable bonds is 6. The summed E-state index contributed by atoms with van der Waals surface area (Å²) in [5.41, 5.74) is 1.61. The minimum atomic E-state index is -0.264. The summed E-state index contributed by atoms with van der Waals surface area (Å²) in [6.45, 7) is 0.633. The van der Waals surface area contributed by atoms with Gasteiger partial charge in [0.15, 0.2) is 0 Å². The van der Waals surface area contributed by atoms with Crippen LogP contribution in [0, 0.1) is 0 Å². The molecule has 25 heavy (non-hydrogen) atoms. The third-order valence-electron chi connectivity index (χ3n) is 3.48. The number of tetrazole rings is 1. The monoisotopic (exact) mass is 336 g/mol. The van der Waals surface area contributed by atoms with E-state index in [1.807, 2.05) is 6.07 Å². The molecular formula is C17H16N6O2. The van der Waals surface area contributed by atoms with E-state index in [2.05, 4.69) is 26.2 Å². The van der Waals surface area contributed by atoms with Crippen LogP contribution in [0.25, 0.3) is 5.69 Å². The molecule has 3 rings (SSSR count). The van der Waals surface area contributed by atoms with Crippen LogP contribution < -0.4 is 10.6 Å². The Kier molecular flexibility index (Phi) is 5.10. The SMILES string of the molecule is O=C(NCCNC(=O)c1ccccc1-n1cnnn1)c1ccccc1. The van der Waals surface area contributed by atoms with Gasteiger partial charge in [-0.25, -0.2) is 0 Å². The predicted octanol–water partition coefficient (Wildman–Crippen LogP) is 0.822. The zero-order valence-electron chi connectivity index (χ0n) is 13.3. The molecule has 0 aliphatic rings. The van der Waals surface area contributed by atoms with E-state index in [0.29, 0.717) is 29.9 Å². The molecule has 1 aromatic heterocycles. The topological polar surface area (TPSA) is 102 Å². The lowest BCUT2D eigenvalue weighted by atomic mass is 10.1. The number of benzene rings is 2. The Morgan fingerprint density at radius 3 is 2.28 bits per heavy atom. The first kappa shape index (κ1) is 16.3. The van der Waals surface area contributed by atoms with Gasteiger partial charge in [-0.3, -0.25) is 9.59 Å². The minimum absolute atomic E-state index is 0.177. The largest absolute Gasteiger partial charge is 0.350 e. The van der Waals surface area contributed by atoms with Gasteiger partial charge in [-0.2, -0.15) is 4.68 Å². The molecule has 0 spiro atoms. The van der Waals surface area contributed by atoms with Crippen LogP contribution >= 0.6 is 0 Å². The van der Waals surface area contributed by atoms with Crippen molar-refractivity contribution < 1.29 is 9.59 Å². The Balaban J connectivity index is 1.55. The molecule has 0 radical (unpaired) electrons. The number of hydrogen-bond acceptors (Lipinski definition) is 5. The van der Waals surface area contributed by atoms with Gasteiger partial charge in [0.05, 0.1) is 11.3 Å². The lowest BCUT2D eigenvalue weighted by molar-refractivity contribution is 0.0927. The van der Waals surface area contributed by atoms with E-state index in [0.717, 1.165) is 0 Å². The van der Waals surface area contributed by atoms with E-state index in [-0.39, 0.29) is 11.8 Å². The highest BCUT2D eigenvalue weighted by molar-refractivity contribution is 5.97. The summed E-state index contributed by atoms with van der Waals surface area (Å²) in [6, 6.07) is 15.9. The lowest BCUT2D eigenvalue weighted by Gasteiger charge is -2.10. The Morgan fingerprint density at radius 2 is 1.56 bits per heavy atom. The van der Waals surface area contributed by atoms with Crippen LogP contribution in [0.5, 0.6) is 0 Å². The van der Waals surface area contributed by atoms with Crippen LogP contribution in [0.15, 0.2) is 60.9 Å². The van der Waals surface area contributed by atoms with Gasteiger partial charge in [-0.05, 0) is 34.7 Å². The van der Waals surface area contributed by atoms with Crippen LogP contribution in [-0.2, 0) is 0 Å². The second-order valence-electron chi connectivity index (χ2n) is 5.15. The second-order valence-corrected chi connectivity index (χ2v) is 5.15. The minimum Gasteiger partial charge on any atom is -0.350 e. The van der Waals surface area contributed by atoms with E-state index in [1.165, 1.54) is 11.0 Å². The Bertz CT molecular complexity index is 849. The first-order valence-electron chi connectivity index (χ1n) is 7.69. The first-order chi connectivity index (χ1) is 12.3. The summed E-state index contributed by atoms with van der Waals surface area (Å²) in [5.74, 6) is -0.441. The summed E-state index contributed by atoms with van der Waals surface area (Å²) in [7, 11) is 0. The van der Waals surface area contributed by atoms with E-state index in [4.69, 9.17) is 0 Å². The highest BCUT2D eigenvalue weighted by Gasteiger charge is 2.12. The average molecular weight is 336 g/mol. The van der Waals surface area contributed by atoms with Crippen molar-refractivity contribution in [3.05, 3.63) is 72.1 Å². The zero-order chi connectivity index (χ0) is 17.5. The maximum absolute atomic E-state index is 12.4. The summed E-state index contributed by atoms with van der Waals surface area (Å²) < 4.78 is 1.42. The van der Waals surface area contributed by atoms with Gasteiger partial charge in [0.2, 0.25) is 0 Å². The van der Waals surface area contributed by atoms with Crippen molar-refractivity contribution in [1.82, 2.24) is 30.8 Å². The number of hydrogen-bond donors (Lipinski definition) is 2. The molecule has 2 amide bonds. The maximum Gasteiger partial charge on any atom is 0.253 e. The van der Waals surface area contributed by atoms with Gasteiger partial charge in [0.1, 0.15) is 6.33 Å².